The molecule has 0 N–H and O–H groups in total. The van der Waals surface area contributed by atoms with Gasteiger partial charge in [0.05, 0.1) is 43.8 Å². The normalized spacial score (nSPS) is 12.0. The summed E-state index contributed by atoms with van der Waals surface area (Å²) in [4.78, 5) is 0. The van der Waals surface area contributed by atoms with Crippen molar-refractivity contribution in [3.63, 3.8) is 0 Å². The first-order valence-corrected chi connectivity index (χ1v) is 7.41. The van der Waals surface area contributed by atoms with Gasteiger partial charge in [0.15, 0.2) is 0 Å². The predicted molar refractivity (Wildman–Crippen MR) is 79.4 cm³/mol. The lowest BCUT2D eigenvalue weighted by atomic mass is 10.2. The van der Waals surface area contributed by atoms with Crippen LogP contribution in [0.1, 0.15) is 5.56 Å². The van der Waals surface area contributed by atoms with Crippen LogP contribution in [-0.4, -0.2) is 3.92 Å². The molecule has 0 unspecified atom stereocenters. The quantitative estimate of drug-likeness (QED) is 0.224. The second kappa shape index (κ2) is 6.97. The minimum Gasteiger partial charge on any atom is -0.305 e. The van der Waals surface area contributed by atoms with Gasteiger partial charge in [-0.05, 0) is 0 Å². The van der Waals surface area contributed by atoms with Crippen molar-refractivity contribution in [1.82, 2.24) is 0 Å². The smallest absolute Gasteiger partial charge is 0.305 e. The van der Waals surface area contributed by atoms with Crippen LogP contribution in [0.15, 0.2) is 0 Å². The molecule has 1 aromatic rings. The van der Waals surface area contributed by atoms with Crippen molar-refractivity contribution in [1.29, 1.82) is 0 Å². The molecule has 18 heavy (non-hydrogen) atoms. The van der Waals surface area contributed by atoms with Crippen LogP contribution in [0.25, 0.3) is 0 Å². The Kier molecular flexibility index (Phi) is 6.79. The standard InChI is InChI=1S/C8H2Cl7FOS/c9-3-2(1-17-18-8(14,15)16)4(10)6(12)7(13)5(3)11/h1H2. The molecule has 0 fully saturated rings. The van der Waals surface area contributed by atoms with Crippen LogP contribution in [0, 0.1) is 0 Å². The van der Waals surface area contributed by atoms with Gasteiger partial charge in [-0.3, -0.25) is 0 Å². The van der Waals surface area contributed by atoms with E-state index in [4.69, 9.17) is 85.4 Å². The fraction of sp³-hybridized carbons (Fsp3) is 0.250. The number of halogens is 8. The van der Waals surface area contributed by atoms with E-state index in [1.54, 1.807) is 0 Å². The molecule has 102 valence electrons. The van der Waals surface area contributed by atoms with Crippen LogP contribution in [-0.2, 0) is 10.8 Å². The SMILES string of the molecule is FC(Cl)(Cl)SOCc1c(Cl)c(Cl)c(Cl)c(Cl)c1Cl. The molecule has 0 saturated heterocycles. The molecule has 1 aromatic carbocycles. The van der Waals surface area contributed by atoms with E-state index >= 15 is 0 Å². The zero-order valence-corrected chi connectivity index (χ0v) is 14.2. The molecule has 0 aliphatic carbocycles. The molecule has 0 saturated carbocycles. The number of rotatable bonds is 4. The van der Waals surface area contributed by atoms with Crippen molar-refractivity contribution >= 4 is 93.2 Å². The molecular formula is C8H2Cl7FOS. The molecule has 0 radical (unpaired) electrons. The van der Waals surface area contributed by atoms with Gasteiger partial charge in [-0.15, -0.1) is 0 Å². The molecule has 0 amide bonds. The largest absolute Gasteiger partial charge is 0.329 e. The molecule has 1 nitrogen and oxygen atoms in total. The molecule has 0 bridgehead atoms. The summed E-state index contributed by atoms with van der Waals surface area (Å²) in [5.74, 6) is 0. The van der Waals surface area contributed by atoms with E-state index in [0.717, 1.165) is 0 Å². The van der Waals surface area contributed by atoms with Crippen molar-refractivity contribution in [2.45, 2.75) is 10.5 Å². The highest BCUT2D eigenvalue weighted by molar-refractivity contribution is 7.98. The van der Waals surface area contributed by atoms with E-state index in [1.165, 1.54) is 0 Å². The Balaban J connectivity index is 2.96. The first-order chi connectivity index (χ1) is 8.15. The monoisotopic (exact) mass is 410 g/mol. The van der Waals surface area contributed by atoms with Crippen molar-refractivity contribution in [2.75, 3.05) is 0 Å². The lowest BCUT2D eigenvalue weighted by Crippen LogP contribution is -1.99. The third kappa shape index (κ3) is 4.51. The molecule has 1 rings (SSSR count). The Morgan fingerprint density at radius 3 is 1.67 bits per heavy atom. The average Bonchev–Trinajstić information content (AvgIpc) is 2.27. The average molecular weight is 413 g/mol. The second-order valence-corrected chi connectivity index (χ2v) is 7.38. The Labute approximate surface area is 142 Å². The number of hydrogen-bond donors (Lipinski definition) is 0. The van der Waals surface area contributed by atoms with Crippen molar-refractivity contribution in [3.8, 4) is 0 Å². The summed E-state index contributed by atoms with van der Waals surface area (Å²) in [7, 11) is 0. The maximum absolute atomic E-state index is 12.7. The molecule has 0 heterocycles. The molecular weight excluding hydrogens is 411 g/mol. The third-order valence-electron chi connectivity index (χ3n) is 1.66. The minimum absolute atomic E-state index is 0.0271. The van der Waals surface area contributed by atoms with Crippen LogP contribution in [0.3, 0.4) is 0 Å². The van der Waals surface area contributed by atoms with E-state index in [2.05, 4.69) is 0 Å². The van der Waals surface area contributed by atoms with E-state index in [0.29, 0.717) is 0 Å². The fourth-order valence-corrected chi connectivity index (χ4v) is 2.80. The lowest BCUT2D eigenvalue weighted by molar-refractivity contribution is 0.348. The van der Waals surface area contributed by atoms with E-state index < -0.39 is 3.92 Å². The maximum atomic E-state index is 12.7. The molecule has 0 atom stereocenters. The zero-order valence-electron chi connectivity index (χ0n) is 8.05. The van der Waals surface area contributed by atoms with Gasteiger partial charge in [-0.25, -0.2) is 0 Å². The van der Waals surface area contributed by atoms with Gasteiger partial charge in [-0.2, -0.15) is 4.39 Å². The molecule has 0 spiro atoms. The summed E-state index contributed by atoms with van der Waals surface area (Å²) < 4.78 is 15.0. The van der Waals surface area contributed by atoms with Crippen LogP contribution < -0.4 is 0 Å². The Hall–Kier alpha value is 1.49. The van der Waals surface area contributed by atoms with E-state index in [-0.39, 0.29) is 49.3 Å². The summed E-state index contributed by atoms with van der Waals surface area (Å²) in [6, 6.07) is 0. The van der Waals surface area contributed by atoms with Crippen molar-refractivity contribution in [2.24, 2.45) is 0 Å². The number of hydrogen-bond acceptors (Lipinski definition) is 2. The first-order valence-electron chi connectivity index (χ1n) is 4.02. The van der Waals surface area contributed by atoms with E-state index in [1.807, 2.05) is 0 Å². The first kappa shape index (κ1) is 17.5. The molecule has 0 aliphatic heterocycles. The van der Waals surface area contributed by atoms with Crippen LogP contribution in [0.4, 0.5) is 4.39 Å². The van der Waals surface area contributed by atoms with Crippen molar-refractivity contribution < 1.29 is 8.57 Å². The highest BCUT2D eigenvalue weighted by Crippen LogP contribution is 2.45. The molecule has 0 aromatic heterocycles. The summed E-state index contributed by atoms with van der Waals surface area (Å²) in [6.07, 6.45) is 0. The van der Waals surface area contributed by atoms with Gasteiger partial charge in [0.2, 0.25) is 0 Å². The minimum atomic E-state index is -2.58. The van der Waals surface area contributed by atoms with Gasteiger partial charge in [0.1, 0.15) is 0 Å². The van der Waals surface area contributed by atoms with Gasteiger partial charge in [0.25, 0.3) is 0 Å². The maximum Gasteiger partial charge on any atom is 0.329 e. The highest BCUT2D eigenvalue weighted by Gasteiger charge is 2.25. The number of alkyl halides is 3. The Morgan fingerprint density at radius 1 is 0.889 bits per heavy atom. The van der Waals surface area contributed by atoms with Crippen molar-refractivity contribution in [3.05, 3.63) is 30.7 Å². The zero-order chi connectivity index (χ0) is 14.1. The van der Waals surface area contributed by atoms with Crippen LogP contribution in [0.2, 0.25) is 25.1 Å². The van der Waals surface area contributed by atoms with E-state index in [9.17, 15) is 4.39 Å². The highest BCUT2D eigenvalue weighted by atomic mass is 35.5. The lowest BCUT2D eigenvalue weighted by Gasteiger charge is -2.13. The summed E-state index contributed by atoms with van der Waals surface area (Å²) >= 11 is 39.6. The Morgan fingerprint density at radius 2 is 1.28 bits per heavy atom. The third-order valence-corrected chi connectivity index (χ3v) is 4.82. The van der Waals surface area contributed by atoms with Gasteiger partial charge >= 0.3 is 3.92 Å². The fourth-order valence-electron chi connectivity index (χ4n) is 0.932. The van der Waals surface area contributed by atoms with Gasteiger partial charge in [0, 0.05) is 5.56 Å². The predicted octanol–water partition coefficient (Wildman–Crippen LogP) is 7.18. The number of benzene rings is 1. The second-order valence-electron chi connectivity index (χ2n) is 2.84. The summed E-state index contributed by atoms with van der Waals surface area (Å²) in [5.41, 5.74) is 0.253. The van der Waals surface area contributed by atoms with Crippen LogP contribution in [0.5, 0.6) is 0 Å². The topological polar surface area (TPSA) is 9.23 Å². The van der Waals surface area contributed by atoms with Crippen LogP contribution >= 0.6 is 93.2 Å². The molecule has 10 heteroatoms. The summed E-state index contributed by atoms with van der Waals surface area (Å²) in [5, 5.41) is 0.203. The van der Waals surface area contributed by atoms with Gasteiger partial charge < -0.3 is 4.18 Å². The van der Waals surface area contributed by atoms with Gasteiger partial charge in [-0.1, -0.05) is 81.2 Å². The summed E-state index contributed by atoms with van der Waals surface area (Å²) in [6.45, 7) is -0.204. The molecule has 0 aliphatic rings. The Bertz CT molecular complexity index is 433.